The lowest BCUT2D eigenvalue weighted by Crippen LogP contribution is -2.23. The van der Waals surface area contributed by atoms with Gasteiger partial charge in [0.05, 0.1) is 29.6 Å². The average molecular weight is 434 g/mol. The van der Waals surface area contributed by atoms with Crippen molar-refractivity contribution in [1.29, 1.82) is 0 Å². The van der Waals surface area contributed by atoms with Gasteiger partial charge in [-0.2, -0.15) is 0 Å². The molecule has 1 atom stereocenters. The zero-order valence-electron chi connectivity index (χ0n) is 16.6. The Labute approximate surface area is 180 Å². The summed E-state index contributed by atoms with van der Waals surface area (Å²) in [5.41, 5.74) is 4.66. The first kappa shape index (κ1) is 19.3. The van der Waals surface area contributed by atoms with E-state index in [4.69, 9.17) is 4.74 Å². The number of anilines is 1. The van der Waals surface area contributed by atoms with Gasteiger partial charge in [-0.1, -0.05) is 11.2 Å². The normalized spacial score (nSPS) is 13.8. The highest BCUT2D eigenvalue weighted by molar-refractivity contribution is 7.86. The lowest BCUT2D eigenvalue weighted by atomic mass is 10.1. The second-order valence-electron chi connectivity index (χ2n) is 7.00. The summed E-state index contributed by atoms with van der Waals surface area (Å²) in [6, 6.07) is 17.0. The van der Waals surface area contributed by atoms with E-state index in [-0.39, 0.29) is 0 Å². The van der Waals surface area contributed by atoms with Gasteiger partial charge in [0.2, 0.25) is 0 Å². The number of methoxy groups -OCH3 is 1. The summed E-state index contributed by atoms with van der Waals surface area (Å²) in [5, 5.41) is 3.67. The van der Waals surface area contributed by atoms with Crippen molar-refractivity contribution in [1.82, 2.24) is 15.1 Å². The molecule has 2 aromatic heterocycles. The molecule has 1 aliphatic rings. The number of fused-ring (bicyclic) bond motifs is 1. The number of H-pyrrole nitrogens is 1. The van der Waals surface area contributed by atoms with Crippen LogP contribution in [0, 0.1) is 0 Å². The fraction of sp³-hybridized carbons (Fsp3) is 0.136. The van der Waals surface area contributed by atoms with Gasteiger partial charge in [-0.3, -0.25) is 18.8 Å². The van der Waals surface area contributed by atoms with Crippen LogP contribution < -0.4 is 14.8 Å². The van der Waals surface area contributed by atoms with Gasteiger partial charge in [0.15, 0.2) is 16.8 Å². The van der Waals surface area contributed by atoms with E-state index in [2.05, 4.69) is 25.7 Å². The number of rotatable bonds is 5. The van der Waals surface area contributed by atoms with Gasteiger partial charge in [-0.15, -0.1) is 0 Å². The molecule has 0 fully saturated rings. The predicted octanol–water partition coefficient (Wildman–Crippen LogP) is 3.19. The fourth-order valence-electron chi connectivity index (χ4n) is 3.59. The Kier molecular flexibility index (Phi) is 4.87. The highest BCUT2D eigenvalue weighted by atomic mass is 32.2. The van der Waals surface area contributed by atoms with E-state index < -0.39 is 16.7 Å². The van der Waals surface area contributed by atoms with E-state index in [1.807, 2.05) is 28.6 Å². The largest absolute Gasteiger partial charge is 0.495 e. The molecule has 0 bridgehead atoms. The van der Waals surface area contributed by atoms with E-state index in [1.165, 1.54) is 0 Å². The quantitative estimate of drug-likeness (QED) is 0.518. The van der Waals surface area contributed by atoms with Crippen molar-refractivity contribution in [3.63, 3.8) is 0 Å². The highest BCUT2D eigenvalue weighted by Gasteiger charge is 2.25. The molecule has 0 spiro atoms. The number of benzene rings is 2. The molecule has 3 heterocycles. The number of aromatic amines is 1. The number of nitrogens with one attached hydrogen (secondary N) is 1. The SMILES string of the molecule is COc1ccc(-c2ccc3c(c2)CCN3S(=O)c2ccc(-c3noc(=O)[nH]3)cc2)nc1. The van der Waals surface area contributed by atoms with Gasteiger partial charge < -0.3 is 4.74 Å². The van der Waals surface area contributed by atoms with Crippen LogP contribution in [0.1, 0.15) is 5.56 Å². The van der Waals surface area contributed by atoms with Gasteiger partial charge >= 0.3 is 5.76 Å². The molecule has 31 heavy (non-hydrogen) atoms. The molecule has 0 amide bonds. The van der Waals surface area contributed by atoms with Crippen molar-refractivity contribution in [2.45, 2.75) is 11.3 Å². The van der Waals surface area contributed by atoms with Crippen LogP contribution in [-0.4, -0.2) is 33.0 Å². The third-order valence-corrected chi connectivity index (χ3v) is 6.63. The zero-order valence-corrected chi connectivity index (χ0v) is 17.4. The molecule has 0 aliphatic carbocycles. The van der Waals surface area contributed by atoms with Gasteiger partial charge in [0.25, 0.3) is 0 Å². The molecule has 1 N–H and O–H groups in total. The van der Waals surface area contributed by atoms with E-state index in [0.29, 0.717) is 28.6 Å². The Bertz CT molecular complexity index is 1310. The lowest BCUT2D eigenvalue weighted by Gasteiger charge is -2.18. The van der Waals surface area contributed by atoms with Crippen LogP contribution in [0.5, 0.6) is 5.75 Å². The molecule has 1 aliphatic heterocycles. The number of pyridine rings is 1. The summed E-state index contributed by atoms with van der Waals surface area (Å²) in [6.07, 6.45) is 2.51. The molecule has 9 heteroatoms. The number of nitrogens with zero attached hydrogens (tertiary/aromatic N) is 3. The summed E-state index contributed by atoms with van der Waals surface area (Å²) in [5.74, 6) is 0.446. The van der Waals surface area contributed by atoms with E-state index in [0.717, 1.165) is 28.9 Å². The minimum absolute atomic E-state index is 0.341. The molecule has 0 radical (unpaired) electrons. The summed E-state index contributed by atoms with van der Waals surface area (Å²) in [4.78, 5) is 18.7. The average Bonchev–Trinajstić information content (AvgIpc) is 3.44. The van der Waals surface area contributed by atoms with Crippen molar-refractivity contribution in [2.24, 2.45) is 0 Å². The van der Waals surface area contributed by atoms with E-state index >= 15 is 0 Å². The summed E-state index contributed by atoms with van der Waals surface area (Å²) in [7, 11) is 0.265. The molecule has 156 valence electrons. The first-order valence-electron chi connectivity index (χ1n) is 9.61. The fourth-order valence-corrected chi connectivity index (χ4v) is 4.82. The van der Waals surface area contributed by atoms with Crippen molar-refractivity contribution in [3.8, 4) is 28.4 Å². The van der Waals surface area contributed by atoms with Crippen molar-refractivity contribution in [3.05, 3.63) is 76.9 Å². The maximum absolute atomic E-state index is 13.2. The molecule has 8 nitrogen and oxygen atoms in total. The standard InChI is InChI=1S/C22H18N4O4S/c1-29-17-5-8-19(23-13-17)15-4-9-20-16(12-15)10-11-26(20)31(28)18-6-2-14(3-7-18)21-24-22(27)30-25-21/h2-9,12-13H,10-11H2,1H3,(H,24,25,27). The van der Waals surface area contributed by atoms with Crippen molar-refractivity contribution < 1.29 is 13.5 Å². The molecular formula is C22H18N4O4S. The molecule has 0 saturated heterocycles. The maximum Gasteiger partial charge on any atom is 0.439 e. The van der Waals surface area contributed by atoms with Crippen molar-refractivity contribution >= 4 is 16.7 Å². The van der Waals surface area contributed by atoms with Gasteiger partial charge in [-0.25, -0.2) is 9.00 Å². The van der Waals surface area contributed by atoms with Crippen LogP contribution in [0.3, 0.4) is 0 Å². The Morgan fingerprint density at radius 2 is 1.90 bits per heavy atom. The summed E-state index contributed by atoms with van der Waals surface area (Å²) in [6.45, 7) is 0.666. The van der Waals surface area contributed by atoms with Crippen LogP contribution in [0.15, 0.2) is 75.0 Å². The summed E-state index contributed by atoms with van der Waals surface area (Å²) >= 11 is 0. The van der Waals surface area contributed by atoms with Crippen LogP contribution in [0.4, 0.5) is 5.69 Å². The van der Waals surface area contributed by atoms with Crippen LogP contribution in [-0.2, 0) is 17.4 Å². The minimum Gasteiger partial charge on any atom is -0.495 e. The first-order valence-corrected chi connectivity index (χ1v) is 10.7. The number of hydrogen-bond acceptors (Lipinski definition) is 6. The van der Waals surface area contributed by atoms with Gasteiger partial charge in [0, 0.05) is 17.7 Å². The molecule has 1 unspecified atom stereocenters. The Hall–Kier alpha value is -3.72. The van der Waals surface area contributed by atoms with Crippen LogP contribution in [0.25, 0.3) is 22.6 Å². The third kappa shape index (κ3) is 3.64. The summed E-state index contributed by atoms with van der Waals surface area (Å²) < 4.78 is 24.8. The second-order valence-corrected chi connectivity index (χ2v) is 8.41. The van der Waals surface area contributed by atoms with E-state index in [9.17, 15) is 9.00 Å². The Morgan fingerprint density at radius 1 is 1.10 bits per heavy atom. The van der Waals surface area contributed by atoms with Crippen molar-refractivity contribution in [2.75, 3.05) is 18.0 Å². The van der Waals surface area contributed by atoms with E-state index in [1.54, 1.807) is 37.6 Å². The number of aromatic nitrogens is 3. The topological polar surface area (TPSA) is 101 Å². The van der Waals surface area contributed by atoms with Crippen LogP contribution >= 0.6 is 0 Å². The van der Waals surface area contributed by atoms with Gasteiger partial charge in [0.1, 0.15) is 5.75 Å². The smallest absolute Gasteiger partial charge is 0.439 e. The van der Waals surface area contributed by atoms with Gasteiger partial charge in [-0.05, 0) is 60.5 Å². The predicted molar refractivity (Wildman–Crippen MR) is 116 cm³/mol. The number of hydrogen-bond donors (Lipinski definition) is 1. The molecule has 0 saturated carbocycles. The maximum atomic E-state index is 13.2. The zero-order chi connectivity index (χ0) is 21.4. The third-order valence-electron chi connectivity index (χ3n) is 5.17. The minimum atomic E-state index is -1.35. The monoisotopic (exact) mass is 434 g/mol. The first-order chi connectivity index (χ1) is 15.1. The van der Waals surface area contributed by atoms with Crippen LogP contribution in [0.2, 0.25) is 0 Å². The second kappa shape index (κ2) is 7.84. The highest BCUT2D eigenvalue weighted by Crippen LogP contribution is 2.34. The lowest BCUT2D eigenvalue weighted by molar-refractivity contribution is 0.388. The molecular weight excluding hydrogens is 416 g/mol. The number of ether oxygens (including phenoxy) is 1. The molecule has 2 aromatic carbocycles. The Morgan fingerprint density at radius 3 is 2.58 bits per heavy atom. The molecule has 4 aromatic rings. The Balaban J connectivity index is 1.38. The molecule has 5 rings (SSSR count).